The predicted molar refractivity (Wildman–Crippen MR) is 64.5 cm³/mol. The van der Waals surface area contributed by atoms with Crippen LogP contribution in [0.25, 0.3) is 11.1 Å². The van der Waals surface area contributed by atoms with Crippen LogP contribution >= 0.6 is 0 Å². The van der Waals surface area contributed by atoms with Crippen LogP contribution in [0.4, 0.5) is 17.6 Å². The first-order chi connectivity index (χ1) is 9.02. The van der Waals surface area contributed by atoms with E-state index in [1.807, 2.05) is 0 Å². The summed E-state index contributed by atoms with van der Waals surface area (Å²) in [6.45, 7) is 0.283. The average molecular weight is 269 g/mol. The predicted octanol–water partition coefficient (Wildman–Crippen LogP) is 3.63. The summed E-state index contributed by atoms with van der Waals surface area (Å²) in [5, 5.41) is 2.81. The lowest BCUT2D eigenvalue weighted by Gasteiger charge is -2.11. The molecular weight excluding hydrogens is 258 g/mol. The third-order valence-electron chi connectivity index (χ3n) is 2.73. The minimum Gasteiger partial charge on any atom is -0.316 e. The van der Waals surface area contributed by atoms with E-state index in [4.69, 9.17) is 0 Å². The van der Waals surface area contributed by atoms with Gasteiger partial charge >= 0.3 is 0 Å². The van der Waals surface area contributed by atoms with Gasteiger partial charge in [0.2, 0.25) is 0 Å². The average Bonchev–Trinajstić information content (AvgIpc) is 2.35. The number of nitrogens with one attached hydrogen (secondary N) is 1. The Morgan fingerprint density at radius 1 is 0.842 bits per heavy atom. The van der Waals surface area contributed by atoms with Crippen LogP contribution in [0.15, 0.2) is 30.3 Å². The van der Waals surface area contributed by atoms with Crippen LogP contribution < -0.4 is 5.32 Å². The van der Waals surface area contributed by atoms with Gasteiger partial charge < -0.3 is 5.32 Å². The largest absolute Gasteiger partial charge is 0.316 e. The molecule has 0 atom stereocenters. The summed E-state index contributed by atoms with van der Waals surface area (Å²) in [6, 6.07) is 4.98. The fourth-order valence-corrected chi connectivity index (χ4v) is 1.89. The van der Waals surface area contributed by atoms with Crippen molar-refractivity contribution < 1.29 is 17.6 Å². The second kappa shape index (κ2) is 5.40. The zero-order valence-electron chi connectivity index (χ0n) is 10.1. The molecule has 1 N–H and O–H groups in total. The van der Waals surface area contributed by atoms with Crippen molar-refractivity contribution in [1.82, 2.24) is 5.32 Å². The second-order valence-corrected chi connectivity index (χ2v) is 4.08. The van der Waals surface area contributed by atoms with Crippen LogP contribution in [-0.2, 0) is 6.54 Å². The van der Waals surface area contributed by atoms with E-state index in [0.717, 1.165) is 12.1 Å². The van der Waals surface area contributed by atoms with Gasteiger partial charge in [-0.2, -0.15) is 0 Å². The van der Waals surface area contributed by atoms with Crippen LogP contribution in [0.2, 0.25) is 0 Å². The highest BCUT2D eigenvalue weighted by molar-refractivity contribution is 5.68. The summed E-state index contributed by atoms with van der Waals surface area (Å²) in [6.07, 6.45) is 0. The Morgan fingerprint density at radius 3 is 2.21 bits per heavy atom. The molecule has 19 heavy (non-hydrogen) atoms. The van der Waals surface area contributed by atoms with E-state index in [2.05, 4.69) is 5.32 Å². The smallest absolute Gasteiger partial charge is 0.161 e. The number of rotatable bonds is 3. The lowest BCUT2D eigenvalue weighted by molar-refractivity contribution is 0.496. The van der Waals surface area contributed by atoms with E-state index in [-0.39, 0.29) is 12.1 Å². The quantitative estimate of drug-likeness (QED) is 0.662. The zero-order valence-corrected chi connectivity index (χ0v) is 10.1. The van der Waals surface area contributed by atoms with E-state index in [1.165, 1.54) is 12.1 Å². The van der Waals surface area contributed by atoms with Gasteiger partial charge in [-0.05, 0) is 36.4 Å². The molecule has 100 valence electrons. The molecule has 0 fully saturated rings. The Morgan fingerprint density at radius 2 is 1.53 bits per heavy atom. The molecule has 2 aromatic carbocycles. The van der Waals surface area contributed by atoms with Gasteiger partial charge in [-0.15, -0.1) is 0 Å². The molecule has 5 heteroatoms. The van der Waals surface area contributed by atoms with Gasteiger partial charge in [0.05, 0.1) is 0 Å². The van der Waals surface area contributed by atoms with E-state index in [0.29, 0.717) is 17.2 Å². The lowest BCUT2D eigenvalue weighted by atomic mass is 9.98. The van der Waals surface area contributed by atoms with Gasteiger partial charge in [0.25, 0.3) is 0 Å². The third-order valence-corrected chi connectivity index (χ3v) is 2.73. The third kappa shape index (κ3) is 2.76. The number of hydrogen-bond acceptors (Lipinski definition) is 1. The molecule has 0 aromatic heterocycles. The molecule has 0 saturated carbocycles. The maximum atomic E-state index is 13.7. The molecule has 2 aromatic rings. The maximum Gasteiger partial charge on any atom is 0.161 e. The van der Waals surface area contributed by atoms with E-state index < -0.39 is 23.3 Å². The molecule has 0 aliphatic carbocycles. The molecule has 0 spiro atoms. The molecule has 1 nitrogen and oxygen atoms in total. The Kier molecular flexibility index (Phi) is 3.85. The Balaban J connectivity index is 2.61. The first-order valence-electron chi connectivity index (χ1n) is 5.61. The molecule has 0 amide bonds. The first kappa shape index (κ1) is 13.5. The van der Waals surface area contributed by atoms with E-state index in [9.17, 15) is 17.6 Å². The SMILES string of the molecule is CNCc1cc(F)ccc1-c1cc(F)c(F)cc1F. The van der Waals surface area contributed by atoms with E-state index >= 15 is 0 Å². The Labute approximate surface area is 107 Å². The monoisotopic (exact) mass is 269 g/mol. The topological polar surface area (TPSA) is 12.0 Å². The summed E-state index contributed by atoms with van der Waals surface area (Å²) in [7, 11) is 1.65. The molecular formula is C14H11F4N. The summed E-state index contributed by atoms with van der Waals surface area (Å²) in [5.41, 5.74) is 0.698. The zero-order chi connectivity index (χ0) is 14.0. The summed E-state index contributed by atoms with van der Waals surface area (Å²) in [4.78, 5) is 0. The minimum absolute atomic E-state index is 0.0934. The fraction of sp³-hybridized carbons (Fsp3) is 0.143. The highest BCUT2D eigenvalue weighted by atomic mass is 19.2. The normalized spacial score (nSPS) is 10.8. The van der Waals surface area contributed by atoms with Crippen LogP contribution in [0.1, 0.15) is 5.56 Å². The standard InChI is InChI=1S/C14H11F4N/c1-19-7-8-4-9(15)2-3-10(8)11-5-13(17)14(18)6-12(11)16/h2-6,19H,7H2,1H3. The van der Waals surface area contributed by atoms with Crippen molar-refractivity contribution in [2.24, 2.45) is 0 Å². The lowest BCUT2D eigenvalue weighted by Crippen LogP contribution is -2.07. The van der Waals surface area contributed by atoms with Crippen LogP contribution in [0.5, 0.6) is 0 Å². The minimum atomic E-state index is -1.25. The van der Waals surface area contributed by atoms with Gasteiger partial charge in [-0.25, -0.2) is 17.6 Å². The van der Waals surface area contributed by atoms with Gasteiger partial charge in [0.15, 0.2) is 11.6 Å². The van der Waals surface area contributed by atoms with Gasteiger partial charge in [0, 0.05) is 18.2 Å². The van der Waals surface area contributed by atoms with Crippen molar-refractivity contribution in [3.05, 3.63) is 59.2 Å². The molecule has 0 unspecified atom stereocenters. The second-order valence-electron chi connectivity index (χ2n) is 4.08. The molecule has 0 heterocycles. The summed E-state index contributed by atoms with van der Waals surface area (Å²) < 4.78 is 53.0. The molecule has 0 bridgehead atoms. The van der Waals surface area contributed by atoms with Gasteiger partial charge in [0.1, 0.15) is 11.6 Å². The highest BCUT2D eigenvalue weighted by Gasteiger charge is 2.14. The van der Waals surface area contributed by atoms with Crippen molar-refractivity contribution in [1.29, 1.82) is 0 Å². The van der Waals surface area contributed by atoms with Gasteiger partial charge in [-0.3, -0.25) is 0 Å². The summed E-state index contributed by atoms with van der Waals surface area (Å²) in [5.74, 6) is -3.76. The van der Waals surface area contributed by atoms with Crippen LogP contribution in [0.3, 0.4) is 0 Å². The Hall–Kier alpha value is -1.88. The summed E-state index contributed by atoms with van der Waals surface area (Å²) >= 11 is 0. The van der Waals surface area contributed by atoms with Crippen LogP contribution in [-0.4, -0.2) is 7.05 Å². The van der Waals surface area contributed by atoms with Crippen molar-refractivity contribution in [2.75, 3.05) is 7.05 Å². The van der Waals surface area contributed by atoms with Crippen molar-refractivity contribution in [3.63, 3.8) is 0 Å². The van der Waals surface area contributed by atoms with Crippen molar-refractivity contribution in [2.45, 2.75) is 6.54 Å². The Bertz CT molecular complexity index is 611. The first-order valence-corrected chi connectivity index (χ1v) is 5.61. The van der Waals surface area contributed by atoms with Crippen molar-refractivity contribution in [3.8, 4) is 11.1 Å². The number of hydrogen-bond donors (Lipinski definition) is 1. The molecule has 0 aliphatic heterocycles. The maximum absolute atomic E-state index is 13.7. The molecule has 2 rings (SSSR count). The fourth-order valence-electron chi connectivity index (χ4n) is 1.89. The van der Waals surface area contributed by atoms with Gasteiger partial charge in [-0.1, -0.05) is 6.07 Å². The molecule has 0 radical (unpaired) electrons. The van der Waals surface area contributed by atoms with Crippen LogP contribution in [0, 0.1) is 23.3 Å². The van der Waals surface area contributed by atoms with Crippen molar-refractivity contribution >= 4 is 0 Å². The number of halogens is 4. The molecule has 0 saturated heterocycles. The highest BCUT2D eigenvalue weighted by Crippen LogP contribution is 2.28. The molecule has 0 aliphatic rings. The van der Waals surface area contributed by atoms with E-state index in [1.54, 1.807) is 7.05 Å². The number of benzene rings is 2.